The number of likely N-dealkylation sites (N-methyl/N-ethyl adjacent to an activating group) is 1. The van der Waals surface area contributed by atoms with Gasteiger partial charge in [0.25, 0.3) is 11.8 Å². The number of hydrogen-bond acceptors (Lipinski definition) is 5. The van der Waals surface area contributed by atoms with Crippen LogP contribution in [0.1, 0.15) is 27.1 Å². The minimum absolute atomic E-state index is 0.147. The molecular weight excluding hydrogens is 346 g/mol. The van der Waals surface area contributed by atoms with Gasteiger partial charge in [-0.1, -0.05) is 30.3 Å². The van der Waals surface area contributed by atoms with E-state index in [2.05, 4.69) is 5.32 Å². The fourth-order valence-electron chi connectivity index (χ4n) is 2.21. The lowest BCUT2D eigenvalue weighted by Gasteiger charge is -2.16. The predicted octanol–water partition coefficient (Wildman–Crippen LogP) is 2.47. The monoisotopic (exact) mass is 365 g/mol. The summed E-state index contributed by atoms with van der Waals surface area (Å²) in [6, 6.07) is 16.9. The van der Waals surface area contributed by atoms with E-state index in [0.29, 0.717) is 11.3 Å². The Balaban J connectivity index is 2.02. The van der Waals surface area contributed by atoms with Crippen LogP contribution in [-0.2, 0) is 9.53 Å². The van der Waals surface area contributed by atoms with Crippen LogP contribution >= 0.6 is 0 Å². The van der Waals surface area contributed by atoms with E-state index in [-0.39, 0.29) is 24.4 Å². The molecule has 0 heterocycles. The number of benzene rings is 2. The van der Waals surface area contributed by atoms with Crippen LogP contribution in [0.2, 0.25) is 0 Å². The van der Waals surface area contributed by atoms with Gasteiger partial charge < -0.3 is 15.0 Å². The maximum Gasteiger partial charge on any atom is 0.340 e. The van der Waals surface area contributed by atoms with Gasteiger partial charge >= 0.3 is 5.97 Å². The number of nitriles is 1. The Morgan fingerprint density at radius 3 is 2.44 bits per heavy atom. The number of esters is 1. The zero-order chi connectivity index (χ0) is 19.6. The molecule has 0 aliphatic heterocycles. The number of ether oxygens (including phenoxy) is 1. The molecule has 7 heteroatoms. The van der Waals surface area contributed by atoms with Gasteiger partial charge in [-0.05, 0) is 24.3 Å². The molecule has 0 bridgehead atoms. The van der Waals surface area contributed by atoms with Crippen molar-refractivity contribution in [2.45, 2.75) is 6.42 Å². The van der Waals surface area contributed by atoms with Gasteiger partial charge in [-0.25, -0.2) is 4.79 Å². The van der Waals surface area contributed by atoms with Crippen LogP contribution in [0.4, 0.5) is 5.69 Å². The van der Waals surface area contributed by atoms with E-state index in [1.165, 1.54) is 18.0 Å². The van der Waals surface area contributed by atoms with Crippen molar-refractivity contribution in [2.75, 3.05) is 25.5 Å². The molecule has 0 unspecified atom stereocenters. The van der Waals surface area contributed by atoms with Gasteiger partial charge in [0.1, 0.15) is 0 Å². The molecule has 0 aliphatic rings. The van der Waals surface area contributed by atoms with Crippen molar-refractivity contribution in [3.8, 4) is 6.07 Å². The number of rotatable bonds is 7. The number of anilines is 1. The molecule has 0 fully saturated rings. The van der Waals surface area contributed by atoms with Crippen LogP contribution in [0.15, 0.2) is 54.6 Å². The van der Waals surface area contributed by atoms with Crippen molar-refractivity contribution in [1.29, 1.82) is 5.26 Å². The molecular formula is C20H19N3O4. The number of carbonyl (C=O) groups excluding carboxylic acids is 3. The molecule has 138 valence electrons. The zero-order valence-electron chi connectivity index (χ0n) is 14.8. The second-order valence-electron chi connectivity index (χ2n) is 5.67. The maximum absolute atomic E-state index is 12.3. The fourth-order valence-corrected chi connectivity index (χ4v) is 2.21. The van der Waals surface area contributed by atoms with Gasteiger partial charge in [-0.15, -0.1) is 0 Å². The summed E-state index contributed by atoms with van der Waals surface area (Å²) in [7, 11) is 1.53. The van der Waals surface area contributed by atoms with Gasteiger partial charge in [0.2, 0.25) is 0 Å². The van der Waals surface area contributed by atoms with E-state index in [4.69, 9.17) is 10.00 Å². The molecule has 0 saturated carbocycles. The minimum atomic E-state index is -0.721. The van der Waals surface area contributed by atoms with Crippen molar-refractivity contribution in [3.05, 3.63) is 65.7 Å². The Labute approximate surface area is 157 Å². The van der Waals surface area contributed by atoms with E-state index in [0.717, 1.165) is 0 Å². The molecule has 27 heavy (non-hydrogen) atoms. The first-order valence-electron chi connectivity index (χ1n) is 8.26. The molecule has 0 aliphatic carbocycles. The second kappa shape index (κ2) is 9.73. The lowest BCUT2D eigenvalue weighted by atomic mass is 10.1. The van der Waals surface area contributed by atoms with E-state index in [1.54, 1.807) is 48.5 Å². The Bertz CT molecular complexity index is 859. The van der Waals surface area contributed by atoms with E-state index < -0.39 is 18.5 Å². The Kier molecular flexibility index (Phi) is 7.08. The molecule has 7 nitrogen and oxygen atoms in total. The number of hydrogen-bond donors (Lipinski definition) is 1. The summed E-state index contributed by atoms with van der Waals surface area (Å²) in [5.74, 6) is -1.49. The second-order valence-corrected chi connectivity index (χ2v) is 5.67. The lowest BCUT2D eigenvalue weighted by Crippen LogP contribution is -2.32. The summed E-state index contributed by atoms with van der Waals surface area (Å²) in [4.78, 5) is 37.8. The zero-order valence-corrected chi connectivity index (χ0v) is 14.8. The highest BCUT2D eigenvalue weighted by Gasteiger charge is 2.17. The molecule has 0 spiro atoms. The largest absolute Gasteiger partial charge is 0.452 e. The molecule has 2 aromatic rings. The number of nitrogens with one attached hydrogen (secondary N) is 1. The Hall–Kier alpha value is -3.66. The Morgan fingerprint density at radius 2 is 1.74 bits per heavy atom. The molecule has 0 saturated heterocycles. The molecule has 0 radical (unpaired) electrons. The quantitative estimate of drug-likeness (QED) is 0.760. The smallest absolute Gasteiger partial charge is 0.340 e. The first-order valence-corrected chi connectivity index (χ1v) is 8.26. The van der Waals surface area contributed by atoms with Crippen LogP contribution in [0.3, 0.4) is 0 Å². The SMILES string of the molecule is CN(CCC#N)C(=O)COC(=O)c1ccccc1NC(=O)c1ccccc1. The molecule has 1 N–H and O–H groups in total. The Morgan fingerprint density at radius 1 is 1.07 bits per heavy atom. The van der Waals surface area contributed by atoms with Crippen LogP contribution in [-0.4, -0.2) is 42.9 Å². The molecule has 0 atom stereocenters. The summed E-state index contributed by atoms with van der Waals surface area (Å²) < 4.78 is 5.05. The normalized spacial score (nSPS) is 9.78. The molecule has 0 aromatic heterocycles. The third-order valence-electron chi connectivity index (χ3n) is 3.74. The molecule has 2 rings (SSSR count). The van der Waals surface area contributed by atoms with Gasteiger partial charge in [0, 0.05) is 19.2 Å². The maximum atomic E-state index is 12.3. The fraction of sp³-hybridized carbons (Fsp3) is 0.200. The van der Waals surface area contributed by atoms with E-state index in [1.807, 2.05) is 6.07 Å². The van der Waals surface area contributed by atoms with Crippen LogP contribution < -0.4 is 5.32 Å². The average Bonchev–Trinajstić information content (AvgIpc) is 2.70. The standard InChI is InChI=1S/C20H19N3O4/c1-23(13-7-12-21)18(24)14-27-20(26)16-10-5-6-11-17(16)22-19(25)15-8-3-2-4-9-15/h2-6,8-11H,7,13-14H2,1H3,(H,22,25). The topological polar surface area (TPSA) is 99.5 Å². The van der Waals surface area contributed by atoms with Crippen molar-refractivity contribution < 1.29 is 19.1 Å². The number of nitrogens with zero attached hydrogens (tertiary/aromatic N) is 2. The number of para-hydroxylation sites is 1. The van der Waals surface area contributed by atoms with Gasteiger partial charge in [0.15, 0.2) is 6.61 Å². The summed E-state index contributed by atoms with van der Waals surface area (Å²) in [6.07, 6.45) is 0.199. The van der Waals surface area contributed by atoms with Gasteiger partial charge in [-0.2, -0.15) is 5.26 Å². The minimum Gasteiger partial charge on any atom is -0.452 e. The number of amides is 2. The lowest BCUT2D eigenvalue weighted by molar-refractivity contribution is -0.133. The molecule has 2 aromatic carbocycles. The molecule has 2 amide bonds. The van der Waals surface area contributed by atoms with Crippen LogP contribution in [0, 0.1) is 11.3 Å². The van der Waals surface area contributed by atoms with Crippen LogP contribution in [0.25, 0.3) is 0 Å². The predicted molar refractivity (Wildman–Crippen MR) is 99.0 cm³/mol. The summed E-state index contributed by atoms with van der Waals surface area (Å²) in [5, 5.41) is 11.2. The van der Waals surface area contributed by atoms with Crippen molar-refractivity contribution >= 4 is 23.5 Å². The van der Waals surface area contributed by atoms with E-state index in [9.17, 15) is 14.4 Å². The highest BCUT2D eigenvalue weighted by molar-refractivity contribution is 6.08. The summed E-state index contributed by atoms with van der Waals surface area (Å²) >= 11 is 0. The van der Waals surface area contributed by atoms with Crippen LogP contribution in [0.5, 0.6) is 0 Å². The highest BCUT2D eigenvalue weighted by Crippen LogP contribution is 2.17. The van der Waals surface area contributed by atoms with Crippen molar-refractivity contribution in [1.82, 2.24) is 4.90 Å². The summed E-state index contributed by atoms with van der Waals surface area (Å²) in [6.45, 7) is -0.182. The van der Waals surface area contributed by atoms with Crippen molar-refractivity contribution in [2.24, 2.45) is 0 Å². The summed E-state index contributed by atoms with van der Waals surface area (Å²) in [5.41, 5.74) is 0.894. The van der Waals surface area contributed by atoms with Gasteiger partial charge in [0.05, 0.1) is 23.7 Å². The average molecular weight is 365 g/mol. The first kappa shape index (κ1) is 19.7. The van der Waals surface area contributed by atoms with Crippen molar-refractivity contribution in [3.63, 3.8) is 0 Å². The third-order valence-corrected chi connectivity index (χ3v) is 3.74. The number of carbonyl (C=O) groups is 3. The van der Waals surface area contributed by atoms with E-state index >= 15 is 0 Å². The first-order chi connectivity index (χ1) is 13.0. The van der Waals surface area contributed by atoms with Gasteiger partial charge in [-0.3, -0.25) is 9.59 Å². The third kappa shape index (κ3) is 5.68. The highest BCUT2D eigenvalue weighted by atomic mass is 16.5.